The first-order valence-corrected chi connectivity index (χ1v) is 30.6. The Morgan fingerprint density at radius 3 is 2.19 bits per heavy atom. The molecule has 4 unspecified atom stereocenters. The summed E-state index contributed by atoms with van der Waals surface area (Å²) in [5, 5.41) is 9.48. The predicted molar refractivity (Wildman–Crippen MR) is 314 cm³/mol. The van der Waals surface area contributed by atoms with Gasteiger partial charge in [-0.25, -0.2) is 4.79 Å². The van der Waals surface area contributed by atoms with Crippen molar-refractivity contribution in [1.29, 1.82) is 0 Å². The minimum absolute atomic E-state index is 0.0525. The molecule has 1 fully saturated rings. The van der Waals surface area contributed by atoms with E-state index in [2.05, 4.69) is 24.9 Å². The van der Waals surface area contributed by atoms with E-state index >= 15 is 13.2 Å². The van der Waals surface area contributed by atoms with Crippen molar-refractivity contribution in [3.8, 4) is 0 Å². The lowest BCUT2D eigenvalue weighted by atomic mass is 9.67. The molecule has 0 radical (unpaired) electrons. The first kappa shape index (κ1) is 60.9. The Kier molecular flexibility index (Phi) is 18.4. The molecule has 0 spiro atoms. The van der Waals surface area contributed by atoms with Crippen LogP contribution in [0.3, 0.4) is 0 Å². The summed E-state index contributed by atoms with van der Waals surface area (Å²) in [6.45, 7) is 7.94. The Morgan fingerprint density at radius 2 is 1.56 bits per heavy atom. The van der Waals surface area contributed by atoms with Crippen LogP contribution in [0.25, 0.3) is 5.57 Å². The van der Waals surface area contributed by atoms with Gasteiger partial charge in [-0.05, 0) is 162 Å². The van der Waals surface area contributed by atoms with Gasteiger partial charge in [0.25, 0.3) is 0 Å². The second-order valence-corrected chi connectivity index (χ2v) is 24.5. The van der Waals surface area contributed by atoms with Gasteiger partial charge in [0.1, 0.15) is 11.4 Å². The molecular weight excluding hydrogens is 1080 g/mol. The molecule has 1 N–H and O–H groups in total. The molecule has 2 aromatic carbocycles. The topological polar surface area (TPSA) is 104 Å². The van der Waals surface area contributed by atoms with E-state index < -0.39 is 52.5 Å². The number of methoxy groups -OCH3 is 1. The average Bonchev–Trinajstić information content (AvgIpc) is 1.52. The van der Waals surface area contributed by atoms with Crippen LogP contribution in [0, 0.1) is 23.7 Å². The largest absolute Gasteiger partial charge is 0.493 e. The zero-order valence-electron chi connectivity index (χ0n) is 49.1. The van der Waals surface area contributed by atoms with E-state index in [0.717, 1.165) is 65.7 Å². The van der Waals surface area contributed by atoms with E-state index in [0.29, 0.717) is 78.9 Å². The molecule has 0 saturated heterocycles. The number of rotatable bonds is 19. The number of ether oxygens (including phenoxy) is 4. The summed E-state index contributed by atoms with van der Waals surface area (Å²) in [5.74, 6) is 0.490. The van der Waals surface area contributed by atoms with Crippen molar-refractivity contribution in [2.24, 2.45) is 28.7 Å². The number of alkyl halides is 6. The second kappa shape index (κ2) is 25.4. The van der Waals surface area contributed by atoms with E-state index in [1.54, 1.807) is 26.0 Å². The fraction of sp³-hybridized carbons (Fsp3) is 0.500. The van der Waals surface area contributed by atoms with Gasteiger partial charge in [-0.15, -0.1) is 0 Å². The summed E-state index contributed by atoms with van der Waals surface area (Å²) in [7, 11) is 1.41. The predicted octanol–water partition coefficient (Wildman–Crippen LogP) is 17.4. The second-order valence-electron chi connectivity index (χ2n) is 24.5. The molecule has 0 bridgehead atoms. The van der Waals surface area contributed by atoms with Crippen LogP contribution in [0.5, 0.6) is 0 Å². The summed E-state index contributed by atoms with van der Waals surface area (Å²) in [4.78, 5) is 32.2. The highest BCUT2D eigenvalue weighted by atomic mass is 19.4. The van der Waals surface area contributed by atoms with E-state index in [-0.39, 0.29) is 59.3 Å². The number of allylic oxidation sites excluding steroid dienone is 11. The van der Waals surface area contributed by atoms with Gasteiger partial charge in [0.2, 0.25) is 0 Å². The number of aliphatic imine (C=N–C) groups is 1. The fourth-order valence-corrected chi connectivity index (χ4v) is 14.5. The summed E-state index contributed by atoms with van der Waals surface area (Å²) < 4.78 is 116. The van der Waals surface area contributed by atoms with Gasteiger partial charge in [-0.2, -0.15) is 26.3 Å². The highest BCUT2D eigenvalue weighted by Crippen LogP contribution is 2.63. The maximum absolute atomic E-state index is 15.3. The first-order valence-electron chi connectivity index (χ1n) is 30.6. The highest BCUT2D eigenvalue weighted by molar-refractivity contribution is 5.97. The quantitative estimate of drug-likeness (QED) is 0.0647. The smallest absolute Gasteiger partial charge is 0.416 e. The Labute approximate surface area is 490 Å². The maximum atomic E-state index is 15.3. The summed E-state index contributed by atoms with van der Waals surface area (Å²) >= 11 is 0. The number of aliphatic hydroxyl groups is 1. The number of carbonyl (C=O) groups excluding carboxylic acids is 2. The van der Waals surface area contributed by atoms with Crippen molar-refractivity contribution in [1.82, 2.24) is 0 Å². The number of esters is 2. The fourth-order valence-electron chi connectivity index (χ4n) is 14.5. The molecular formula is C70H79F6NO7. The average molecular weight is 1160 g/mol. The van der Waals surface area contributed by atoms with Crippen LogP contribution >= 0.6 is 0 Å². The standard InChI is InChI=1S/C70H79F6NO7/c1-6-8-10-14-43(13-7-2)17-18-44-19-21-47(22-20-44)65(79)82-53-33-27-46(28-34-53)45-23-25-48(26-24-45)66(80)83-60-41-55-56(42-59(60)81-5)64-54(63-61(55)57-39-51(69(71,72)73)40-58(70(74,75)76)62(57)67(63,3)4)35-36-68(84-64,49-15-11-9-12-16-49)50-29-31-52(32-30-50)77-37-38-78/h9,11-12,15-16,23,25,27,29,33,35-36,39-44,47,56,64,78H,6-8,10,13-14,17-22,24,26,28,30-32,34,37-38H2,1-5H3. The van der Waals surface area contributed by atoms with Crippen molar-refractivity contribution in [3.05, 3.63) is 181 Å². The molecule has 84 heavy (non-hydrogen) atoms. The molecule has 0 amide bonds. The van der Waals surface area contributed by atoms with Crippen LogP contribution in [0.1, 0.15) is 178 Å². The summed E-state index contributed by atoms with van der Waals surface area (Å²) in [6.07, 6.45) is 23.3. The van der Waals surface area contributed by atoms with Crippen LogP contribution in [-0.4, -0.2) is 49.1 Å². The Bertz CT molecular complexity index is 3220. The highest BCUT2D eigenvalue weighted by Gasteiger charge is 2.56. The van der Waals surface area contributed by atoms with Crippen LogP contribution in [0.2, 0.25) is 0 Å². The first-order chi connectivity index (χ1) is 40.3. The molecule has 7 aliphatic carbocycles. The normalized spacial score (nSPS) is 25.6. The van der Waals surface area contributed by atoms with Crippen molar-refractivity contribution < 1.29 is 60.0 Å². The molecule has 8 aliphatic rings. The third kappa shape index (κ3) is 12.5. The maximum Gasteiger partial charge on any atom is 0.416 e. The van der Waals surface area contributed by atoms with Gasteiger partial charge in [0.05, 0.1) is 43.4 Å². The van der Waals surface area contributed by atoms with Crippen molar-refractivity contribution >= 4 is 23.2 Å². The SMILES string of the molecule is CCCCCC(CCC)CCC1CCC(C(=O)OC2=CC=C(C3=CC=C(C(=O)OC4=CC5=C6C(=C7C=CC(C8=CCC(=NCCO)CC8)(c8ccccc8)OC7C5C=C4OC)C(C)(C)c4c6cc(C(F)(F)F)cc4C(F)(F)F)CC3)CC2)CC1. The zero-order valence-corrected chi connectivity index (χ0v) is 49.1. The van der Waals surface area contributed by atoms with Gasteiger partial charge < -0.3 is 24.1 Å². The molecule has 14 heteroatoms. The molecule has 1 heterocycles. The Hall–Kier alpha value is -6.25. The number of aliphatic hydroxyl groups excluding tert-OH is 1. The van der Waals surface area contributed by atoms with Crippen LogP contribution in [0.15, 0.2) is 158 Å². The third-order valence-corrected chi connectivity index (χ3v) is 18.8. The van der Waals surface area contributed by atoms with Gasteiger partial charge in [0.15, 0.2) is 11.5 Å². The van der Waals surface area contributed by atoms with Gasteiger partial charge in [-0.3, -0.25) is 9.79 Å². The van der Waals surface area contributed by atoms with E-state index in [9.17, 15) is 27.9 Å². The molecule has 1 aliphatic heterocycles. The lowest BCUT2D eigenvalue weighted by Crippen LogP contribution is -2.45. The monoisotopic (exact) mass is 1160 g/mol. The number of carbonyl (C=O) groups is 2. The molecule has 10 rings (SSSR count). The minimum atomic E-state index is -5.15. The zero-order chi connectivity index (χ0) is 59.6. The number of hydrogen-bond donors (Lipinski definition) is 1. The van der Waals surface area contributed by atoms with E-state index in [4.69, 9.17) is 18.9 Å². The number of halogens is 6. The molecule has 8 nitrogen and oxygen atoms in total. The van der Waals surface area contributed by atoms with Crippen molar-refractivity contribution in [2.75, 3.05) is 20.3 Å². The number of benzene rings is 2. The lowest BCUT2D eigenvalue weighted by Gasteiger charge is -2.47. The number of fused-ring (bicyclic) bond motifs is 6. The molecule has 1 saturated carbocycles. The van der Waals surface area contributed by atoms with Crippen molar-refractivity contribution in [2.45, 2.75) is 179 Å². The molecule has 448 valence electrons. The van der Waals surface area contributed by atoms with Gasteiger partial charge in [-0.1, -0.05) is 140 Å². The number of unbranched alkanes of at least 4 members (excludes halogenated alkanes) is 2. The summed E-state index contributed by atoms with van der Waals surface area (Å²) in [5.41, 5.74) is 0.517. The lowest BCUT2D eigenvalue weighted by molar-refractivity contribution is -0.146. The molecule has 2 aromatic rings. The summed E-state index contributed by atoms with van der Waals surface area (Å²) in [6, 6.07) is 10.6. The van der Waals surface area contributed by atoms with Gasteiger partial charge in [0, 0.05) is 35.5 Å². The van der Waals surface area contributed by atoms with E-state index in [1.807, 2.05) is 60.7 Å². The number of nitrogens with zero attached hydrogens (tertiary/aromatic N) is 1. The molecule has 0 aromatic heterocycles. The van der Waals surface area contributed by atoms with E-state index in [1.165, 1.54) is 64.6 Å². The van der Waals surface area contributed by atoms with Crippen LogP contribution < -0.4 is 0 Å². The molecule has 4 atom stereocenters. The van der Waals surface area contributed by atoms with Crippen LogP contribution in [0.4, 0.5) is 26.3 Å². The van der Waals surface area contributed by atoms with Gasteiger partial charge >= 0.3 is 24.3 Å². The minimum Gasteiger partial charge on any atom is -0.493 e. The Morgan fingerprint density at radius 1 is 0.810 bits per heavy atom. The van der Waals surface area contributed by atoms with Crippen LogP contribution in [-0.2, 0) is 51.9 Å². The number of hydrogen-bond acceptors (Lipinski definition) is 8. The van der Waals surface area contributed by atoms with Crippen molar-refractivity contribution in [3.63, 3.8) is 0 Å². The third-order valence-electron chi connectivity index (χ3n) is 18.8. The Balaban J connectivity index is 0.916.